The molecule has 0 amide bonds. The van der Waals surface area contributed by atoms with Gasteiger partial charge in [-0.1, -0.05) is 46.1 Å². The molecular formula is C11H8BrCl2N. The van der Waals surface area contributed by atoms with Gasteiger partial charge in [-0.25, -0.2) is 4.98 Å². The second-order valence-corrected chi connectivity index (χ2v) is 4.93. The Morgan fingerprint density at radius 1 is 1.27 bits per heavy atom. The van der Waals surface area contributed by atoms with Gasteiger partial charge in [0, 0.05) is 9.86 Å². The Bertz CT molecular complexity index is 525. The fourth-order valence-electron chi connectivity index (χ4n) is 1.48. The molecule has 0 atom stereocenters. The van der Waals surface area contributed by atoms with Gasteiger partial charge >= 0.3 is 0 Å². The molecule has 0 radical (unpaired) electrons. The Morgan fingerprint density at radius 2 is 2.00 bits per heavy atom. The summed E-state index contributed by atoms with van der Waals surface area (Å²) >= 11 is 15.5. The maximum atomic E-state index is 6.08. The summed E-state index contributed by atoms with van der Waals surface area (Å²) in [7, 11) is 0. The number of hydrogen-bond acceptors (Lipinski definition) is 1. The van der Waals surface area contributed by atoms with Gasteiger partial charge in [0.25, 0.3) is 0 Å². The highest BCUT2D eigenvalue weighted by atomic mass is 79.9. The molecule has 0 aliphatic heterocycles. The number of hydrogen-bond donors (Lipinski definition) is 0. The van der Waals surface area contributed by atoms with Crippen molar-refractivity contribution in [3.05, 3.63) is 38.4 Å². The molecule has 1 aromatic heterocycles. The Labute approximate surface area is 107 Å². The molecule has 15 heavy (non-hydrogen) atoms. The van der Waals surface area contributed by atoms with Gasteiger partial charge in [0.05, 0.1) is 10.5 Å². The number of benzene rings is 1. The molecular weight excluding hydrogens is 297 g/mol. The lowest BCUT2D eigenvalue weighted by atomic mass is 10.1. The molecule has 0 bridgehead atoms. The van der Waals surface area contributed by atoms with Crippen molar-refractivity contribution in [1.29, 1.82) is 0 Å². The monoisotopic (exact) mass is 303 g/mol. The molecule has 1 heterocycles. The quantitative estimate of drug-likeness (QED) is 0.685. The van der Waals surface area contributed by atoms with E-state index in [1.165, 1.54) is 0 Å². The zero-order valence-corrected chi connectivity index (χ0v) is 11.1. The third kappa shape index (κ3) is 2.12. The average molecular weight is 305 g/mol. The number of nitrogens with zero attached hydrogens (tertiary/aromatic N) is 1. The molecule has 0 saturated carbocycles. The van der Waals surface area contributed by atoms with Crippen LogP contribution < -0.4 is 0 Å². The first-order valence-corrected chi connectivity index (χ1v) is 6.11. The van der Waals surface area contributed by atoms with Crippen LogP contribution in [0, 0.1) is 0 Å². The summed E-state index contributed by atoms with van der Waals surface area (Å²) in [5.74, 6) is 0. The zero-order chi connectivity index (χ0) is 11.0. The van der Waals surface area contributed by atoms with E-state index >= 15 is 0 Å². The van der Waals surface area contributed by atoms with Gasteiger partial charge in [-0.3, -0.25) is 0 Å². The normalized spacial score (nSPS) is 10.9. The van der Waals surface area contributed by atoms with Crippen LogP contribution in [0.2, 0.25) is 10.2 Å². The van der Waals surface area contributed by atoms with E-state index in [2.05, 4.69) is 20.9 Å². The van der Waals surface area contributed by atoms with E-state index in [9.17, 15) is 0 Å². The highest BCUT2D eigenvalue weighted by Crippen LogP contribution is 2.29. The summed E-state index contributed by atoms with van der Waals surface area (Å²) in [4.78, 5) is 4.30. The Morgan fingerprint density at radius 3 is 2.67 bits per heavy atom. The van der Waals surface area contributed by atoms with Gasteiger partial charge in [-0.2, -0.15) is 0 Å². The fourth-order valence-corrected chi connectivity index (χ4v) is 2.63. The topological polar surface area (TPSA) is 12.9 Å². The van der Waals surface area contributed by atoms with Crippen molar-refractivity contribution in [1.82, 2.24) is 4.98 Å². The summed E-state index contributed by atoms with van der Waals surface area (Å²) in [6, 6.07) is 5.84. The molecule has 1 nitrogen and oxygen atoms in total. The number of rotatable bonds is 1. The molecule has 0 aliphatic rings. The van der Waals surface area contributed by atoms with Crippen LogP contribution in [0.5, 0.6) is 0 Å². The number of pyridine rings is 1. The fraction of sp³-hybridized carbons (Fsp3) is 0.182. The zero-order valence-electron chi connectivity index (χ0n) is 8.02. The number of aromatic nitrogens is 1. The predicted molar refractivity (Wildman–Crippen MR) is 68.8 cm³/mol. The van der Waals surface area contributed by atoms with Crippen molar-refractivity contribution in [2.24, 2.45) is 0 Å². The lowest BCUT2D eigenvalue weighted by Crippen LogP contribution is -1.89. The van der Waals surface area contributed by atoms with E-state index in [1.807, 2.05) is 25.1 Å². The highest BCUT2D eigenvalue weighted by molar-refractivity contribution is 9.10. The van der Waals surface area contributed by atoms with Crippen LogP contribution in [-0.2, 0) is 6.42 Å². The lowest BCUT2D eigenvalue weighted by molar-refractivity contribution is 1.12. The third-order valence-corrected chi connectivity index (χ3v) is 3.32. The second kappa shape index (κ2) is 4.28. The van der Waals surface area contributed by atoms with Gasteiger partial charge in [-0.05, 0) is 30.2 Å². The van der Waals surface area contributed by atoms with Crippen molar-refractivity contribution in [3.8, 4) is 0 Å². The van der Waals surface area contributed by atoms with Gasteiger partial charge in [0.2, 0.25) is 0 Å². The van der Waals surface area contributed by atoms with Crippen LogP contribution >= 0.6 is 39.1 Å². The van der Waals surface area contributed by atoms with Crippen LogP contribution in [-0.4, -0.2) is 4.98 Å². The molecule has 0 saturated heterocycles. The molecule has 0 unspecified atom stereocenters. The molecule has 2 aromatic rings. The smallest absolute Gasteiger partial charge is 0.133 e. The van der Waals surface area contributed by atoms with Gasteiger partial charge in [0.15, 0.2) is 0 Å². The molecule has 0 N–H and O–H groups in total. The number of halogens is 3. The number of aryl methyl sites for hydroxylation is 1. The van der Waals surface area contributed by atoms with Crippen molar-refractivity contribution in [3.63, 3.8) is 0 Å². The summed E-state index contributed by atoms with van der Waals surface area (Å²) < 4.78 is 0.950. The van der Waals surface area contributed by atoms with Crippen molar-refractivity contribution >= 4 is 50.0 Å². The summed E-state index contributed by atoms with van der Waals surface area (Å²) in [6.45, 7) is 2.05. The Kier molecular flexibility index (Phi) is 3.19. The van der Waals surface area contributed by atoms with Crippen LogP contribution in [0.3, 0.4) is 0 Å². The first-order chi connectivity index (χ1) is 7.11. The summed E-state index contributed by atoms with van der Waals surface area (Å²) in [6.07, 6.45) is 0.867. The molecule has 0 spiro atoms. The van der Waals surface area contributed by atoms with Crippen LogP contribution in [0.15, 0.2) is 22.7 Å². The molecule has 4 heteroatoms. The maximum Gasteiger partial charge on any atom is 0.133 e. The van der Waals surface area contributed by atoms with Crippen LogP contribution in [0.1, 0.15) is 12.5 Å². The largest absolute Gasteiger partial charge is 0.234 e. The van der Waals surface area contributed by atoms with Crippen molar-refractivity contribution in [2.45, 2.75) is 13.3 Å². The lowest BCUT2D eigenvalue weighted by Gasteiger charge is -2.05. The van der Waals surface area contributed by atoms with Crippen LogP contribution in [0.4, 0.5) is 0 Å². The second-order valence-electron chi connectivity index (χ2n) is 3.25. The maximum absolute atomic E-state index is 6.08. The minimum Gasteiger partial charge on any atom is -0.234 e. The average Bonchev–Trinajstić information content (AvgIpc) is 2.18. The first kappa shape index (κ1) is 11.2. The molecule has 78 valence electrons. The van der Waals surface area contributed by atoms with E-state index in [-0.39, 0.29) is 0 Å². The highest BCUT2D eigenvalue weighted by Gasteiger charge is 2.07. The predicted octanol–water partition coefficient (Wildman–Crippen LogP) is 4.87. The first-order valence-electron chi connectivity index (χ1n) is 4.56. The van der Waals surface area contributed by atoms with E-state index in [0.29, 0.717) is 10.2 Å². The van der Waals surface area contributed by atoms with E-state index in [0.717, 1.165) is 27.4 Å². The van der Waals surface area contributed by atoms with Crippen molar-refractivity contribution < 1.29 is 0 Å². The third-order valence-electron chi connectivity index (χ3n) is 2.24. The van der Waals surface area contributed by atoms with E-state index in [1.54, 1.807) is 0 Å². The van der Waals surface area contributed by atoms with Gasteiger partial charge in [-0.15, -0.1) is 0 Å². The Hall–Kier alpha value is -0.310. The number of fused-ring (bicyclic) bond motifs is 1. The Balaban J connectivity index is 2.81. The minimum absolute atomic E-state index is 0.536. The van der Waals surface area contributed by atoms with Crippen LogP contribution in [0.25, 0.3) is 10.9 Å². The van der Waals surface area contributed by atoms with Gasteiger partial charge < -0.3 is 0 Å². The standard InChI is InChI=1S/C11H8BrCl2N/c1-2-6-3-7-4-8(12)5-9(13)10(7)15-11(6)14/h3-5H,2H2,1H3. The SMILES string of the molecule is CCc1cc2cc(Br)cc(Cl)c2nc1Cl. The van der Waals surface area contributed by atoms with Gasteiger partial charge in [0.1, 0.15) is 5.15 Å². The van der Waals surface area contributed by atoms with Crippen molar-refractivity contribution in [2.75, 3.05) is 0 Å². The molecule has 0 fully saturated rings. The summed E-state index contributed by atoms with van der Waals surface area (Å²) in [5.41, 5.74) is 1.79. The van der Waals surface area contributed by atoms with E-state index < -0.39 is 0 Å². The minimum atomic E-state index is 0.536. The molecule has 2 rings (SSSR count). The molecule has 0 aliphatic carbocycles. The molecule has 1 aromatic carbocycles. The summed E-state index contributed by atoms with van der Waals surface area (Å²) in [5, 5.41) is 2.16. The van der Waals surface area contributed by atoms with E-state index in [4.69, 9.17) is 23.2 Å².